The lowest BCUT2D eigenvalue weighted by atomic mass is 9.85. The maximum absolute atomic E-state index is 9.62. The van der Waals surface area contributed by atoms with Gasteiger partial charge in [-0.2, -0.15) is 0 Å². The average molecular weight is 1070 g/mol. The highest BCUT2D eigenvalue weighted by atomic mass is 32.1. The number of rotatable bonds is 6. The van der Waals surface area contributed by atoms with Crippen molar-refractivity contribution in [3.05, 3.63) is 229 Å². The first-order valence-electron chi connectivity index (χ1n) is 32.1. The molecule has 11 aromatic carbocycles. The molecule has 0 N–H and O–H groups in total. The molecule has 17 rings (SSSR count). The number of fused-ring (bicyclic) bond motifs is 18. The molecular weight excluding hydrogens is 1010 g/mol. The smallest absolute Gasteiger partial charge is 0.0645 e. The van der Waals surface area contributed by atoms with Crippen LogP contribution in [0.4, 0.5) is 34.1 Å². The van der Waals surface area contributed by atoms with Crippen LogP contribution in [0, 0.1) is 0 Å². The van der Waals surface area contributed by atoms with Gasteiger partial charge in [-0.3, -0.25) is 0 Å². The normalized spacial score (nSPS) is 14.6. The third-order valence-electron chi connectivity index (χ3n) is 16.7. The lowest BCUT2D eigenvalue weighted by Crippen LogP contribution is -2.12. The standard InChI is InChI=1S/C74H54N4S2/c1-73(2,3)57-27-17-25-51-67-59(75(43-19-9-7-10-20-43)45-31-37-65-55(39-45)47-23-13-15-29-63(47)79-65)35-33-49-53-42-62-54(41-61(53)77(69(51)57)71(49)67)50-34-36-60(68-52-26-18-28-58(74(4,5)6)70(52)78(62)72(50)68)76(44-21-11-8-12-22-44)46-32-38-66-56(40-46)48-24-14-16-30-64(48)80-66/h7-42H,1-6H3/i7D,8D,9D,10D,11D,12D,19D,20D,21D,22D. The van der Waals surface area contributed by atoms with Crippen LogP contribution in [0.25, 0.3) is 117 Å². The largest absolute Gasteiger partial charge is 0.310 e. The third-order valence-corrected chi connectivity index (χ3v) is 19.1. The second-order valence-electron chi connectivity index (χ2n) is 23.3. The third kappa shape index (κ3) is 6.32. The molecule has 0 aliphatic rings. The van der Waals surface area contributed by atoms with Gasteiger partial charge in [-0.1, -0.05) is 163 Å². The predicted octanol–water partition coefficient (Wildman–Crippen LogP) is 22.3. The first-order chi connectivity index (χ1) is 43.1. The van der Waals surface area contributed by atoms with E-state index >= 15 is 0 Å². The van der Waals surface area contributed by atoms with E-state index < -0.39 is 36.3 Å². The van der Waals surface area contributed by atoms with E-state index in [1.165, 1.54) is 0 Å². The number of nitrogens with zero attached hydrogens (tertiary/aromatic N) is 4. The molecule has 0 radical (unpaired) electrons. The van der Waals surface area contributed by atoms with Crippen LogP contribution >= 0.6 is 22.7 Å². The minimum absolute atomic E-state index is 0.0531. The molecule has 0 spiro atoms. The Hall–Kier alpha value is -8.94. The summed E-state index contributed by atoms with van der Waals surface area (Å²) in [5.74, 6) is 0. The van der Waals surface area contributed by atoms with Gasteiger partial charge < -0.3 is 18.6 Å². The van der Waals surface area contributed by atoms with E-state index in [1.807, 2.05) is 46.2 Å². The molecule has 6 aromatic heterocycles. The van der Waals surface area contributed by atoms with Crippen LogP contribution in [0.2, 0.25) is 0 Å². The summed E-state index contributed by atoms with van der Waals surface area (Å²) in [4.78, 5) is 3.78. The van der Waals surface area contributed by atoms with Crippen molar-refractivity contribution in [2.45, 2.75) is 52.4 Å². The SMILES string of the molecule is [2H]c1c([2H])c([2H])c(N(c2ccc3sc4ccccc4c3c2)c2ccc3c4cc5c(cc4n4c6c(C(C)(C)C)cccc6c2c34)c2ccc(N(c3ccc4sc6ccccc6c4c3)c3c([2H])c([2H])c([2H])c([2H])c3[2H])c3c4cccc(C(C)(C)C)c4n5c23)c([2H])c1[2H]. The quantitative estimate of drug-likeness (QED) is 0.165. The zero-order valence-electron chi connectivity index (χ0n) is 54.6. The number of aromatic nitrogens is 2. The van der Waals surface area contributed by atoms with E-state index in [2.05, 4.69) is 172 Å². The highest BCUT2D eigenvalue weighted by Crippen LogP contribution is 2.54. The molecule has 0 aliphatic carbocycles. The van der Waals surface area contributed by atoms with E-state index in [-0.39, 0.29) is 46.4 Å². The molecule has 0 atom stereocenters. The number of anilines is 6. The molecule has 0 saturated heterocycles. The molecule has 17 aromatic rings. The molecule has 6 heteroatoms. The summed E-state index contributed by atoms with van der Waals surface area (Å²) in [7, 11) is 0. The number of para-hydroxylation sites is 4. The zero-order chi connectivity index (χ0) is 62.2. The van der Waals surface area contributed by atoms with Gasteiger partial charge in [-0.25, -0.2) is 0 Å². The van der Waals surface area contributed by atoms with Crippen LogP contribution < -0.4 is 9.80 Å². The average Bonchev–Trinajstić information content (AvgIpc) is 1.52. The van der Waals surface area contributed by atoms with Gasteiger partial charge in [0.25, 0.3) is 0 Å². The van der Waals surface area contributed by atoms with Crippen LogP contribution in [0.1, 0.15) is 66.4 Å². The van der Waals surface area contributed by atoms with Crippen molar-refractivity contribution in [3.8, 4) is 0 Å². The van der Waals surface area contributed by atoms with E-state index in [0.29, 0.717) is 22.7 Å². The van der Waals surface area contributed by atoms with E-state index in [9.17, 15) is 5.48 Å². The van der Waals surface area contributed by atoms with Crippen LogP contribution in [0.3, 0.4) is 0 Å². The number of benzene rings is 11. The molecule has 0 bridgehead atoms. The fourth-order valence-corrected chi connectivity index (χ4v) is 15.6. The Morgan fingerprint density at radius 2 is 0.738 bits per heavy atom. The minimum atomic E-state index is -0.461. The van der Waals surface area contributed by atoms with Gasteiger partial charge in [0.05, 0.1) is 58.2 Å². The number of hydrogen-bond donors (Lipinski definition) is 0. The fourth-order valence-electron chi connectivity index (χ4n) is 13.4. The van der Waals surface area contributed by atoms with Crippen molar-refractivity contribution in [3.63, 3.8) is 0 Å². The zero-order valence-corrected chi connectivity index (χ0v) is 46.2. The van der Waals surface area contributed by atoms with Gasteiger partial charge in [0.2, 0.25) is 0 Å². The summed E-state index contributed by atoms with van der Waals surface area (Å²) in [5, 5.41) is 11.8. The van der Waals surface area contributed by atoms with Crippen molar-refractivity contribution >= 4 is 173 Å². The summed E-state index contributed by atoms with van der Waals surface area (Å²) < 4.78 is 101. The Bertz CT molecular complexity index is 5620. The summed E-state index contributed by atoms with van der Waals surface area (Å²) >= 11 is 3.39. The van der Waals surface area contributed by atoms with Gasteiger partial charge in [0.15, 0.2) is 0 Å². The van der Waals surface area contributed by atoms with Crippen LogP contribution in [-0.4, -0.2) is 8.80 Å². The summed E-state index contributed by atoms with van der Waals surface area (Å²) in [6, 6.07) is 51.0. The Morgan fingerprint density at radius 1 is 0.338 bits per heavy atom. The van der Waals surface area contributed by atoms with Gasteiger partial charge in [-0.05, 0) is 119 Å². The van der Waals surface area contributed by atoms with Gasteiger partial charge >= 0.3 is 0 Å². The van der Waals surface area contributed by atoms with Gasteiger partial charge in [0.1, 0.15) is 0 Å². The van der Waals surface area contributed by atoms with Crippen molar-refractivity contribution in [1.82, 2.24) is 8.80 Å². The van der Waals surface area contributed by atoms with Crippen LogP contribution in [-0.2, 0) is 10.8 Å². The van der Waals surface area contributed by atoms with Crippen LogP contribution in [0.15, 0.2) is 218 Å². The molecule has 382 valence electrons. The fraction of sp³-hybridized carbons (Fsp3) is 0.108. The highest BCUT2D eigenvalue weighted by Gasteiger charge is 2.32. The monoisotopic (exact) mass is 1070 g/mol. The number of hydrogen-bond acceptors (Lipinski definition) is 4. The first kappa shape index (κ1) is 37.0. The maximum Gasteiger partial charge on any atom is 0.0645 e. The molecular formula is C74H54N4S2. The maximum atomic E-state index is 9.62. The summed E-state index contributed by atoms with van der Waals surface area (Å²) in [6.07, 6.45) is 0. The molecule has 80 heavy (non-hydrogen) atoms. The highest BCUT2D eigenvalue weighted by molar-refractivity contribution is 7.26. The molecule has 0 amide bonds. The van der Waals surface area contributed by atoms with Crippen LogP contribution in [0.5, 0.6) is 0 Å². The second-order valence-corrected chi connectivity index (χ2v) is 25.5. The molecule has 6 heterocycles. The minimum Gasteiger partial charge on any atom is -0.310 e. The molecule has 0 aliphatic heterocycles. The van der Waals surface area contributed by atoms with Crippen molar-refractivity contribution < 1.29 is 13.7 Å². The Labute approximate surface area is 484 Å². The molecule has 4 nitrogen and oxygen atoms in total. The number of thiophene rings is 2. The van der Waals surface area contributed by atoms with Crippen molar-refractivity contribution in [2.75, 3.05) is 9.80 Å². The Morgan fingerprint density at radius 3 is 1.16 bits per heavy atom. The predicted molar refractivity (Wildman–Crippen MR) is 348 cm³/mol. The summed E-state index contributed by atoms with van der Waals surface area (Å²) in [6.45, 7) is 13.4. The topological polar surface area (TPSA) is 15.3 Å². The van der Waals surface area contributed by atoms with Crippen molar-refractivity contribution in [2.24, 2.45) is 0 Å². The lowest BCUT2D eigenvalue weighted by Gasteiger charge is -2.27. The van der Waals surface area contributed by atoms with Gasteiger partial charge in [0, 0.05) is 106 Å². The van der Waals surface area contributed by atoms with E-state index in [4.69, 9.17) is 8.22 Å². The van der Waals surface area contributed by atoms with Crippen molar-refractivity contribution in [1.29, 1.82) is 0 Å². The summed E-state index contributed by atoms with van der Waals surface area (Å²) in [5.41, 5.74) is 10.1. The molecule has 0 unspecified atom stereocenters. The second kappa shape index (κ2) is 16.3. The van der Waals surface area contributed by atoms with Gasteiger partial charge in [-0.15, -0.1) is 22.7 Å². The Balaban J connectivity index is 1.01. The Kier molecular flexibility index (Phi) is 7.56. The molecule has 0 saturated carbocycles. The lowest BCUT2D eigenvalue weighted by molar-refractivity contribution is 0.594. The first-order valence-corrected chi connectivity index (χ1v) is 28.7. The molecule has 0 fully saturated rings. The van der Waals surface area contributed by atoms with E-state index in [0.717, 1.165) is 128 Å². The van der Waals surface area contributed by atoms with E-state index in [1.54, 1.807) is 22.7 Å².